The predicted molar refractivity (Wildman–Crippen MR) is 112 cm³/mol. The van der Waals surface area contributed by atoms with Crippen LogP contribution in [-0.4, -0.2) is 36.1 Å². The lowest BCUT2D eigenvalue weighted by Gasteiger charge is -2.21. The molecule has 0 saturated carbocycles. The first-order chi connectivity index (χ1) is 13.6. The summed E-state index contributed by atoms with van der Waals surface area (Å²) in [5, 5.41) is 3.22. The molecule has 144 valence electrons. The van der Waals surface area contributed by atoms with Crippen LogP contribution in [0.4, 0.5) is 17.5 Å². The second-order valence-electron chi connectivity index (χ2n) is 6.17. The molecule has 1 aromatic heterocycles. The molecule has 0 aliphatic heterocycles. The predicted octanol–water partition coefficient (Wildman–Crippen LogP) is 4.52. The van der Waals surface area contributed by atoms with Crippen molar-refractivity contribution in [1.29, 1.82) is 0 Å². The van der Waals surface area contributed by atoms with Gasteiger partial charge in [-0.05, 0) is 32.0 Å². The maximum atomic E-state index is 11.8. The number of hydrogen-bond donors (Lipinski definition) is 1. The smallest absolute Gasteiger partial charge is 0.337 e. The van der Waals surface area contributed by atoms with E-state index < -0.39 is 0 Å². The normalized spacial score (nSPS) is 10.4. The van der Waals surface area contributed by atoms with Crippen LogP contribution in [0.3, 0.4) is 0 Å². The largest absolute Gasteiger partial charge is 0.465 e. The van der Waals surface area contributed by atoms with Gasteiger partial charge in [0, 0.05) is 30.4 Å². The Balaban J connectivity index is 2.00. The molecule has 0 atom stereocenters. The fourth-order valence-electron chi connectivity index (χ4n) is 2.93. The highest BCUT2D eigenvalue weighted by Gasteiger charge is 2.12. The quantitative estimate of drug-likeness (QED) is 0.612. The Morgan fingerprint density at radius 1 is 1.00 bits per heavy atom. The molecule has 0 fully saturated rings. The highest BCUT2D eigenvalue weighted by Crippen LogP contribution is 2.25. The molecule has 2 aromatic carbocycles. The van der Waals surface area contributed by atoms with E-state index in [1.54, 1.807) is 18.2 Å². The number of nitrogens with zero attached hydrogens (tertiary/aromatic N) is 3. The van der Waals surface area contributed by atoms with Crippen LogP contribution in [0.5, 0.6) is 0 Å². The van der Waals surface area contributed by atoms with Crippen molar-refractivity contribution in [2.75, 3.05) is 30.4 Å². The molecular formula is C22H24N4O2. The lowest BCUT2D eigenvalue weighted by molar-refractivity contribution is 0.0601. The van der Waals surface area contributed by atoms with Crippen LogP contribution in [0.2, 0.25) is 0 Å². The van der Waals surface area contributed by atoms with Crippen molar-refractivity contribution < 1.29 is 9.53 Å². The molecule has 6 heteroatoms. The maximum Gasteiger partial charge on any atom is 0.337 e. The Bertz CT molecular complexity index is 940. The molecule has 3 aromatic rings. The third-order valence-electron chi connectivity index (χ3n) is 4.41. The standard InChI is InChI=1S/C22H24N4O2/c1-4-26(5-2)20-15-19(16-10-7-6-8-11-16)24-22(25-20)23-18-13-9-12-17(14-18)21(27)28-3/h6-15H,4-5H2,1-3H3,(H,23,24,25). The third kappa shape index (κ3) is 4.46. The minimum atomic E-state index is -0.383. The van der Waals surface area contributed by atoms with Crippen molar-refractivity contribution in [1.82, 2.24) is 9.97 Å². The van der Waals surface area contributed by atoms with Crippen molar-refractivity contribution in [2.24, 2.45) is 0 Å². The molecule has 0 unspecified atom stereocenters. The van der Waals surface area contributed by atoms with Crippen LogP contribution in [0.15, 0.2) is 60.7 Å². The molecule has 6 nitrogen and oxygen atoms in total. The Kier molecular flexibility index (Phi) is 6.22. The Morgan fingerprint density at radius 2 is 1.75 bits per heavy atom. The van der Waals surface area contributed by atoms with Gasteiger partial charge >= 0.3 is 5.97 Å². The summed E-state index contributed by atoms with van der Waals surface area (Å²) < 4.78 is 4.79. The number of hydrogen-bond acceptors (Lipinski definition) is 6. The van der Waals surface area contributed by atoms with Crippen molar-refractivity contribution in [3.05, 3.63) is 66.2 Å². The molecule has 0 bridgehead atoms. The van der Waals surface area contributed by atoms with Crippen molar-refractivity contribution in [2.45, 2.75) is 13.8 Å². The summed E-state index contributed by atoms with van der Waals surface area (Å²) in [5.74, 6) is 0.946. The average Bonchev–Trinajstić information content (AvgIpc) is 2.75. The zero-order valence-corrected chi connectivity index (χ0v) is 16.3. The molecule has 0 spiro atoms. The van der Waals surface area contributed by atoms with Crippen LogP contribution >= 0.6 is 0 Å². The summed E-state index contributed by atoms with van der Waals surface area (Å²) in [6.07, 6.45) is 0. The Labute approximate surface area is 165 Å². The molecule has 1 heterocycles. The molecule has 0 saturated heterocycles. The topological polar surface area (TPSA) is 67.4 Å². The highest BCUT2D eigenvalue weighted by atomic mass is 16.5. The number of benzene rings is 2. The number of carbonyl (C=O) groups is 1. The number of aromatic nitrogens is 2. The average molecular weight is 376 g/mol. The molecule has 1 N–H and O–H groups in total. The van der Waals surface area contributed by atoms with E-state index in [9.17, 15) is 4.79 Å². The van der Waals surface area contributed by atoms with Crippen LogP contribution in [-0.2, 0) is 4.74 Å². The van der Waals surface area contributed by atoms with E-state index in [2.05, 4.69) is 34.0 Å². The number of anilines is 3. The monoisotopic (exact) mass is 376 g/mol. The summed E-state index contributed by atoms with van der Waals surface area (Å²) in [6.45, 7) is 5.89. The number of carbonyl (C=O) groups excluding carboxylic acids is 1. The van der Waals surface area contributed by atoms with E-state index in [-0.39, 0.29) is 5.97 Å². The summed E-state index contributed by atoms with van der Waals surface area (Å²) in [7, 11) is 1.37. The number of nitrogens with one attached hydrogen (secondary N) is 1. The van der Waals surface area contributed by atoms with Gasteiger partial charge < -0.3 is 15.0 Å². The van der Waals surface area contributed by atoms with Gasteiger partial charge in [-0.2, -0.15) is 4.98 Å². The number of methoxy groups -OCH3 is 1. The van der Waals surface area contributed by atoms with Crippen LogP contribution in [0.25, 0.3) is 11.3 Å². The highest BCUT2D eigenvalue weighted by molar-refractivity contribution is 5.90. The summed E-state index contributed by atoms with van der Waals surface area (Å²) in [5.41, 5.74) is 3.04. The second kappa shape index (κ2) is 8.99. The van der Waals surface area contributed by atoms with Gasteiger partial charge in [-0.25, -0.2) is 9.78 Å². The number of esters is 1. The van der Waals surface area contributed by atoms with E-state index >= 15 is 0 Å². The van der Waals surface area contributed by atoms with Crippen molar-refractivity contribution in [3.63, 3.8) is 0 Å². The fraction of sp³-hybridized carbons (Fsp3) is 0.227. The zero-order chi connectivity index (χ0) is 19.9. The van der Waals surface area contributed by atoms with Gasteiger partial charge in [-0.15, -0.1) is 0 Å². The first-order valence-corrected chi connectivity index (χ1v) is 9.29. The molecule has 28 heavy (non-hydrogen) atoms. The van der Waals surface area contributed by atoms with Gasteiger partial charge in [-0.1, -0.05) is 36.4 Å². The summed E-state index contributed by atoms with van der Waals surface area (Å²) in [4.78, 5) is 23.3. The van der Waals surface area contributed by atoms with E-state index in [4.69, 9.17) is 4.74 Å². The molecule has 0 amide bonds. The van der Waals surface area contributed by atoms with Crippen LogP contribution in [0, 0.1) is 0 Å². The van der Waals surface area contributed by atoms with Crippen molar-refractivity contribution >= 4 is 23.4 Å². The minimum Gasteiger partial charge on any atom is -0.465 e. The van der Waals surface area contributed by atoms with Gasteiger partial charge in [0.2, 0.25) is 5.95 Å². The van der Waals surface area contributed by atoms with Gasteiger partial charge in [0.1, 0.15) is 5.82 Å². The summed E-state index contributed by atoms with van der Waals surface area (Å²) >= 11 is 0. The lowest BCUT2D eigenvalue weighted by Crippen LogP contribution is -2.23. The third-order valence-corrected chi connectivity index (χ3v) is 4.41. The van der Waals surface area contributed by atoms with E-state index in [0.717, 1.165) is 35.9 Å². The number of ether oxygens (including phenoxy) is 1. The van der Waals surface area contributed by atoms with Gasteiger partial charge in [0.15, 0.2) is 0 Å². The molecule has 0 radical (unpaired) electrons. The minimum absolute atomic E-state index is 0.383. The molecular weight excluding hydrogens is 352 g/mol. The van der Waals surface area contributed by atoms with Crippen LogP contribution in [0.1, 0.15) is 24.2 Å². The van der Waals surface area contributed by atoms with E-state index in [0.29, 0.717) is 11.5 Å². The van der Waals surface area contributed by atoms with E-state index in [1.165, 1.54) is 7.11 Å². The number of rotatable bonds is 7. The second-order valence-corrected chi connectivity index (χ2v) is 6.17. The first kappa shape index (κ1) is 19.4. The first-order valence-electron chi connectivity index (χ1n) is 9.29. The summed E-state index contributed by atoms with van der Waals surface area (Å²) in [6, 6.07) is 19.1. The Morgan fingerprint density at radius 3 is 2.43 bits per heavy atom. The van der Waals surface area contributed by atoms with Gasteiger partial charge in [0.25, 0.3) is 0 Å². The van der Waals surface area contributed by atoms with Gasteiger partial charge in [-0.3, -0.25) is 0 Å². The van der Waals surface area contributed by atoms with Crippen LogP contribution < -0.4 is 10.2 Å². The molecule has 0 aliphatic carbocycles. The zero-order valence-electron chi connectivity index (χ0n) is 16.3. The SMILES string of the molecule is CCN(CC)c1cc(-c2ccccc2)nc(Nc2cccc(C(=O)OC)c2)n1. The maximum absolute atomic E-state index is 11.8. The van der Waals surface area contributed by atoms with Gasteiger partial charge in [0.05, 0.1) is 18.4 Å². The molecule has 0 aliphatic rings. The van der Waals surface area contributed by atoms with E-state index in [1.807, 2.05) is 42.5 Å². The fourth-order valence-corrected chi connectivity index (χ4v) is 2.93. The molecule has 3 rings (SSSR count). The Hall–Kier alpha value is -3.41. The van der Waals surface area contributed by atoms with Crippen molar-refractivity contribution in [3.8, 4) is 11.3 Å². The lowest BCUT2D eigenvalue weighted by atomic mass is 10.1.